The van der Waals surface area contributed by atoms with Crippen LogP contribution in [-0.4, -0.2) is 17.6 Å². The molecule has 2 heterocycles. The normalized spacial score (nSPS) is 27.1. The number of allylic oxidation sites excluding steroid dienone is 1. The highest BCUT2D eigenvalue weighted by molar-refractivity contribution is 5.71. The van der Waals surface area contributed by atoms with Gasteiger partial charge in [-0.3, -0.25) is 4.98 Å². The van der Waals surface area contributed by atoms with Crippen LogP contribution in [-0.2, 0) is 0 Å². The zero-order valence-corrected chi connectivity index (χ0v) is 9.69. The molecule has 0 aromatic carbocycles. The van der Waals surface area contributed by atoms with Gasteiger partial charge < -0.3 is 5.32 Å². The van der Waals surface area contributed by atoms with Gasteiger partial charge in [0.05, 0.1) is 5.56 Å². The number of nitrogens with one attached hydrogen (secondary N) is 1. The van der Waals surface area contributed by atoms with Crippen LogP contribution in [0, 0.1) is 17.2 Å². The number of nitrogens with zero attached hydrogens (tertiary/aromatic N) is 2. The topological polar surface area (TPSA) is 48.7 Å². The molecule has 1 fully saturated rings. The zero-order valence-electron chi connectivity index (χ0n) is 9.69. The smallest absolute Gasteiger partial charge is 0.101 e. The van der Waals surface area contributed by atoms with E-state index in [2.05, 4.69) is 22.4 Å². The molecule has 3 rings (SSSR count). The van der Waals surface area contributed by atoms with Crippen molar-refractivity contribution in [2.75, 3.05) is 6.54 Å². The van der Waals surface area contributed by atoms with E-state index >= 15 is 0 Å². The summed E-state index contributed by atoms with van der Waals surface area (Å²) in [6, 6.07) is 4.57. The first-order valence-electron chi connectivity index (χ1n) is 6.17. The number of hydrogen-bond donors (Lipinski definition) is 1. The van der Waals surface area contributed by atoms with Gasteiger partial charge in [-0.25, -0.2) is 0 Å². The van der Waals surface area contributed by atoms with Crippen LogP contribution >= 0.6 is 0 Å². The van der Waals surface area contributed by atoms with Gasteiger partial charge in [0.25, 0.3) is 0 Å². The first-order chi connectivity index (χ1) is 8.38. The van der Waals surface area contributed by atoms with Crippen molar-refractivity contribution in [1.82, 2.24) is 10.3 Å². The van der Waals surface area contributed by atoms with Crippen LogP contribution in [0.3, 0.4) is 0 Å². The molecule has 1 aromatic rings. The van der Waals surface area contributed by atoms with Crippen LogP contribution < -0.4 is 5.32 Å². The highest BCUT2D eigenvalue weighted by Gasteiger charge is 2.32. The summed E-state index contributed by atoms with van der Waals surface area (Å²) in [6.07, 6.45) is 9.49. The van der Waals surface area contributed by atoms with Crippen molar-refractivity contribution in [2.24, 2.45) is 5.92 Å². The van der Waals surface area contributed by atoms with Crippen molar-refractivity contribution in [3.05, 3.63) is 35.7 Å². The van der Waals surface area contributed by atoms with E-state index in [-0.39, 0.29) is 0 Å². The molecule has 1 aromatic heterocycles. The highest BCUT2D eigenvalue weighted by atomic mass is 15.0. The lowest BCUT2D eigenvalue weighted by Gasteiger charge is -2.26. The molecule has 86 valence electrons. The fourth-order valence-electron chi connectivity index (χ4n) is 2.97. The molecule has 0 saturated carbocycles. The highest BCUT2D eigenvalue weighted by Crippen LogP contribution is 2.35. The summed E-state index contributed by atoms with van der Waals surface area (Å²) in [4.78, 5) is 4.15. The Kier molecular flexibility index (Phi) is 2.66. The molecule has 1 aliphatic heterocycles. The van der Waals surface area contributed by atoms with Gasteiger partial charge in [-0.05, 0) is 48.9 Å². The summed E-state index contributed by atoms with van der Waals surface area (Å²) in [7, 11) is 0. The Labute approximate surface area is 101 Å². The van der Waals surface area contributed by atoms with Gasteiger partial charge in [-0.1, -0.05) is 6.08 Å². The minimum absolute atomic E-state index is 0.472. The minimum Gasteiger partial charge on any atom is -0.310 e. The lowest BCUT2D eigenvalue weighted by atomic mass is 9.82. The van der Waals surface area contributed by atoms with Gasteiger partial charge in [-0.15, -0.1) is 0 Å². The van der Waals surface area contributed by atoms with E-state index in [4.69, 9.17) is 5.26 Å². The average molecular weight is 225 g/mol. The van der Waals surface area contributed by atoms with Crippen molar-refractivity contribution in [2.45, 2.75) is 25.3 Å². The van der Waals surface area contributed by atoms with Gasteiger partial charge >= 0.3 is 0 Å². The Hall–Kier alpha value is -1.66. The van der Waals surface area contributed by atoms with E-state index in [1.165, 1.54) is 18.4 Å². The maximum atomic E-state index is 8.92. The number of nitriles is 1. The van der Waals surface area contributed by atoms with Crippen LogP contribution in [0.25, 0.3) is 5.57 Å². The van der Waals surface area contributed by atoms with Crippen LogP contribution in [0.15, 0.2) is 24.5 Å². The molecule has 2 atom stereocenters. The Morgan fingerprint density at radius 1 is 1.35 bits per heavy atom. The first kappa shape index (κ1) is 10.5. The van der Waals surface area contributed by atoms with E-state index in [0.29, 0.717) is 11.6 Å². The molecule has 1 N–H and O–H groups in total. The van der Waals surface area contributed by atoms with Gasteiger partial charge in [0.2, 0.25) is 0 Å². The van der Waals surface area contributed by atoms with Gasteiger partial charge in [0.15, 0.2) is 0 Å². The summed E-state index contributed by atoms with van der Waals surface area (Å²) in [5, 5.41) is 12.5. The van der Waals surface area contributed by atoms with Crippen molar-refractivity contribution in [1.29, 1.82) is 5.26 Å². The Morgan fingerprint density at radius 3 is 3.18 bits per heavy atom. The monoisotopic (exact) mass is 225 g/mol. The fraction of sp³-hybridized carbons (Fsp3) is 0.429. The Morgan fingerprint density at radius 2 is 2.29 bits per heavy atom. The zero-order chi connectivity index (χ0) is 11.7. The minimum atomic E-state index is 0.472. The number of fused-ring (bicyclic) bond motifs is 1. The van der Waals surface area contributed by atoms with E-state index < -0.39 is 0 Å². The van der Waals surface area contributed by atoms with Crippen molar-refractivity contribution < 1.29 is 0 Å². The van der Waals surface area contributed by atoms with Gasteiger partial charge in [-0.2, -0.15) is 5.26 Å². The predicted molar refractivity (Wildman–Crippen MR) is 66.1 cm³/mol. The van der Waals surface area contributed by atoms with E-state index in [0.717, 1.165) is 24.4 Å². The summed E-state index contributed by atoms with van der Waals surface area (Å²) in [5.41, 5.74) is 3.08. The number of aromatic nitrogens is 1. The molecule has 0 bridgehead atoms. The Bertz CT molecular complexity index is 498. The maximum absolute atomic E-state index is 8.92. The average Bonchev–Trinajstić information content (AvgIpc) is 2.87. The molecular formula is C14H15N3. The van der Waals surface area contributed by atoms with E-state index in [9.17, 15) is 0 Å². The predicted octanol–water partition coefficient (Wildman–Crippen LogP) is 2.11. The lowest BCUT2D eigenvalue weighted by Crippen LogP contribution is -2.30. The Balaban J connectivity index is 1.97. The van der Waals surface area contributed by atoms with Crippen molar-refractivity contribution in [3.63, 3.8) is 0 Å². The van der Waals surface area contributed by atoms with Crippen molar-refractivity contribution in [3.8, 4) is 6.07 Å². The molecule has 3 heteroatoms. The second-order valence-electron chi connectivity index (χ2n) is 4.79. The van der Waals surface area contributed by atoms with Crippen LogP contribution in [0.1, 0.15) is 30.4 Å². The number of hydrogen-bond acceptors (Lipinski definition) is 3. The summed E-state index contributed by atoms with van der Waals surface area (Å²) in [6.45, 7) is 1.11. The first-order valence-corrected chi connectivity index (χ1v) is 6.17. The standard InChI is InChI=1S/C14H15N3/c15-7-10-6-12(9-16-8-10)13-3-1-2-11-4-5-17-14(11)13/h3,6,8-9,11,14,17H,1-2,4-5H2. The molecule has 17 heavy (non-hydrogen) atoms. The number of pyridine rings is 1. The third-order valence-electron chi connectivity index (χ3n) is 3.79. The summed E-state index contributed by atoms with van der Waals surface area (Å²) < 4.78 is 0. The van der Waals surface area contributed by atoms with Gasteiger partial charge in [0, 0.05) is 18.4 Å². The van der Waals surface area contributed by atoms with Crippen LogP contribution in [0.2, 0.25) is 0 Å². The molecule has 0 radical (unpaired) electrons. The van der Waals surface area contributed by atoms with Crippen molar-refractivity contribution >= 4 is 5.57 Å². The van der Waals surface area contributed by atoms with Gasteiger partial charge in [0.1, 0.15) is 6.07 Å². The summed E-state index contributed by atoms with van der Waals surface area (Å²) in [5.74, 6) is 0.765. The quantitative estimate of drug-likeness (QED) is 0.796. The molecule has 1 aliphatic carbocycles. The van der Waals surface area contributed by atoms with E-state index in [1.807, 2.05) is 12.3 Å². The molecule has 1 saturated heterocycles. The SMILES string of the molecule is N#Cc1cncc(C2=CCCC3CCNC23)c1. The third-order valence-corrected chi connectivity index (χ3v) is 3.79. The van der Waals surface area contributed by atoms with Crippen LogP contribution in [0.4, 0.5) is 0 Å². The summed E-state index contributed by atoms with van der Waals surface area (Å²) >= 11 is 0. The lowest BCUT2D eigenvalue weighted by molar-refractivity contribution is 0.470. The fourth-order valence-corrected chi connectivity index (χ4v) is 2.97. The third kappa shape index (κ3) is 1.85. The molecule has 2 aliphatic rings. The molecule has 0 amide bonds. The molecular weight excluding hydrogens is 210 g/mol. The largest absolute Gasteiger partial charge is 0.310 e. The molecule has 3 nitrogen and oxygen atoms in total. The molecule has 0 spiro atoms. The molecule has 2 unspecified atom stereocenters. The second-order valence-corrected chi connectivity index (χ2v) is 4.79. The second kappa shape index (κ2) is 4.31. The number of rotatable bonds is 1. The van der Waals surface area contributed by atoms with E-state index in [1.54, 1.807) is 6.20 Å². The van der Waals surface area contributed by atoms with Crippen LogP contribution in [0.5, 0.6) is 0 Å². The maximum Gasteiger partial charge on any atom is 0.101 e.